The van der Waals surface area contributed by atoms with Crippen LogP contribution in [0.25, 0.3) is 0 Å². The number of aryl methyl sites for hydroxylation is 1. The van der Waals surface area contributed by atoms with Gasteiger partial charge in [-0.05, 0) is 18.6 Å². The van der Waals surface area contributed by atoms with Crippen LogP contribution >= 0.6 is 0 Å². The fourth-order valence-corrected chi connectivity index (χ4v) is 1.70. The first-order valence-electron chi connectivity index (χ1n) is 6.09. The second kappa shape index (κ2) is 6.00. The lowest BCUT2D eigenvalue weighted by molar-refractivity contribution is -0.137. The molecule has 6 heteroatoms. The van der Waals surface area contributed by atoms with Gasteiger partial charge in [0.05, 0.1) is 17.0 Å². The van der Waals surface area contributed by atoms with Crippen LogP contribution in [0, 0.1) is 6.92 Å². The number of hydrogen-bond donors (Lipinski definition) is 1. The number of hydrogen-bond acceptors (Lipinski definition) is 3. The minimum absolute atomic E-state index is 0.347. The van der Waals surface area contributed by atoms with Crippen LogP contribution in [0.3, 0.4) is 0 Å². The number of aromatic nitrogens is 2. The molecule has 20 heavy (non-hydrogen) atoms. The zero-order chi connectivity index (χ0) is 14.6. The van der Waals surface area contributed by atoms with Crippen LogP contribution in [0.2, 0.25) is 0 Å². The molecule has 1 N–H and O–H groups in total. The lowest BCUT2D eigenvalue weighted by Crippen LogP contribution is -2.15. The van der Waals surface area contributed by atoms with Gasteiger partial charge in [0.2, 0.25) is 0 Å². The number of nitrogens with one attached hydrogen (secondary N) is 1. The first-order valence-corrected chi connectivity index (χ1v) is 6.09. The van der Waals surface area contributed by atoms with E-state index in [4.69, 9.17) is 0 Å². The van der Waals surface area contributed by atoms with Gasteiger partial charge in [0.25, 0.3) is 0 Å². The molecular formula is C14H14F3N3. The molecular weight excluding hydrogens is 267 g/mol. The third-order valence-corrected chi connectivity index (χ3v) is 2.72. The second-order valence-corrected chi connectivity index (χ2v) is 4.45. The number of alkyl halides is 3. The largest absolute Gasteiger partial charge is 0.416 e. The van der Waals surface area contributed by atoms with Crippen molar-refractivity contribution in [3.05, 3.63) is 59.2 Å². The SMILES string of the molecule is Cc1cnc(CNCc2cccc(C(F)(F)F)c2)cn1. The van der Waals surface area contributed by atoms with Gasteiger partial charge in [0.15, 0.2) is 0 Å². The van der Waals surface area contributed by atoms with Crippen molar-refractivity contribution in [2.24, 2.45) is 0 Å². The Hall–Kier alpha value is -1.95. The van der Waals surface area contributed by atoms with Crippen LogP contribution in [-0.2, 0) is 19.3 Å². The number of nitrogens with zero attached hydrogens (tertiary/aromatic N) is 2. The average Bonchev–Trinajstić information content (AvgIpc) is 2.40. The monoisotopic (exact) mass is 281 g/mol. The Labute approximate surface area is 114 Å². The normalized spacial score (nSPS) is 11.6. The summed E-state index contributed by atoms with van der Waals surface area (Å²) in [5.74, 6) is 0. The van der Waals surface area contributed by atoms with Gasteiger partial charge in [-0.1, -0.05) is 18.2 Å². The summed E-state index contributed by atoms with van der Waals surface area (Å²) in [6.07, 6.45) is -1.01. The van der Waals surface area contributed by atoms with Crippen molar-refractivity contribution in [1.82, 2.24) is 15.3 Å². The minimum Gasteiger partial charge on any atom is -0.307 e. The van der Waals surface area contributed by atoms with Crippen molar-refractivity contribution in [1.29, 1.82) is 0 Å². The van der Waals surface area contributed by atoms with E-state index >= 15 is 0 Å². The van der Waals surface area contributed by atoms with Crippen molar-refractivity contribution in [2.45, 2.75) is 26.2 Å². The topological polar surface area (TPSA) is 37.8 Å². The van der Waals surface area contributed by atoms with Crippen LogP contribution in [0.5, 0.6) is 0 Å². The summed E-state index contributed by atoms with van der Waals surface area (Å²) in [5.41, 5.74) is 1.53. The average molecular weight is 281 g/mol. The summed E-state index contributed by atoms with van der Waals surface area (Å²) < 4.78 is 37.7. The molecule has 0 bridgehead atoms. The van der Waals surface area contributed by atoms with E-state index in [1.165, 1.54) is 6.07 Å². The van der Waals surface area contributed by atoms with Crippen molar-refractivity contribution in [3.8, 4) is 0 Å². The predicted octanol–water partition coefficient (Wildman–Crippen LogP) is 3.09. The quantitative estimate of drug-likeness (QED) is 0.935. The first-order chi connectivity index (χ1) is 9.45. The van der Waals surface area contributed by atoms with Crippen LogP contribution in [0.1, 0.15) is 22.5 Å². The summed E-state index contributed by atoms with van der Waals surface area (Å²) >= 11 is 0. The molecule has 1 aromatic carbocycles. The third-order valence-electron chi connectivity index (χ3n) is 2.72. The minimum atomic E-state index is -4.31. The van der Waals surface area contributed by atoms with Crippen molar-refractivity contribution >= 4 is 0 Å². The van der Waals surface area contributed by atoms with E-state index in [0.29, 0.717) is 18.7 Å². The Morgan fingerprint density at radius 3 is 2.55 bits per heavy atom. The predicted molar refractivity (Wildman–Crippen MR) is 68.8 cm³/mol. The summed E-state index contributed by atoms with van der Waals surface area (Å²) in [7, 11) is 0. The first kappa shape index (κ1) is 14.5. The van der Waals surface area contributed by atoms with Crippen LogP contribution in [-0.4, -0.2) is 9.97 Å². The zero-order valence-electron chi connectivity index (χ0n) is 10.9. The van der Waals surface area contributed by atoms with Gasteiger partial charge >= 0.3 is 6.18 Å². The van der Waals surface area contributed by atoms with Gasteiger partial charge < -0.3 is 5.32 Å². The molecule has 0 saturated carbocycles. The number of rotatable bonds is 4. The van der Waals surface area contributed by atoms with E-state index in [2.05, 4.69) is 15.3 Å². The molecule has 3 nitrogen and oxygen atoms in total. The van der Waals surface area contributed by atoms with Gasteiger partial charge in [0, 0.05) is 25.5 Å². The van der Waals surface area contributed by atoms with Gasteiger partial charge in [-0.25, -0.2) is 0 Å². The van der Waals surface area contributed by atoms with Gasteiger partial charge in [-0.15, -0.1) is 0 Å². The number of benzene rings is 1. The summed E-state index contributed by atoms with van der Waals surface area (Å²) in [6, 6.07) is 5.28. The molecule has 0 saturated heterocycles. The number of halogens is 3. The Morgan fingerprint density at radius 1 is 1.10 bits per heavy atom. The highest BCUT2D eigenvalue weighted by atomic mass is 19.4. The lowest BCUT2D eigenvalue weighted by Gasteiger charge is -2.09. The Balaban J connectivity index is 1.93. The molecule has 1 heterocycles. The fraction of sp³-hybridized carbons (Fsp3) is 0.286. The van der Waals surface area contributed by atoms with E-state index in [1.54, 1.807) is 18.5 Å². The molecule has 0 radical (unpaired) electrons. The van der Waals surface area contributed by atoms with Crippen LogP contribution < -0.4 is 5.32 Å². The van der Waals surface area contributed by atoms with Gasteiger partial charge in [0.1, 0.15) is 0 Å². The molecule has 0 atom stereocenters. The zero-order valence-corrected chi connectivity index (χ0v) is 10.9. The van der Waals surface area contributed by atoms with Crippen LogP contribution in [0.4, 0.5) is 13.2 Å². The maximum atomic E-state index is 12.6. The van der Waals surface area contributed by atoms with Gasteiger partial charge in [-0.2, -0.15) is 13.2 Å². The molecule has 0 unspecified atom stereocenters. The fourth-order valence-electron chi connectivity index (χ4n) is 1.70. The second-order valence-electron chi connectivity index (χ2n) is 4.45. The van der Waals surface area contributed by atoms with E-state index in [-0.39, 0.29) is 0 Å². The third kappa shape index (κ3) is 4.03. The standard InChI is InChI=1S/C14H14F3N3/c1-10-6-20-13(9-19-10)8-18-7-11-3-2-4-12(5-11)14(15,16)17/h2-6,9,18H,7-8H2,1H3. The van der Waals surface area contributed by atoms with Crippen molar-refractivity contribution < 1.29 is 13.2 Å². The van der Waals surface area contributed by atoms with Crippen molar-refractivity contribution in [3.63, 3.8) is 0 Å². The van der Waals surface area contributed by atoms with E-state index in [9.17, 15) is 13.2 Å². The van der Waals surface area contributed by atoms with E-state index in [0.717, 1.165) is 23.5 Å². The van der Waals surface area contributed by atoms with E-state index in [1.807, 2.05) is 6.92 Å². The van der Waals surface area contributed by atoms with E-state index < -0.39 is 11.7 Å². The molecule has 106 valence electrons. The maximum Gasteiger partial charge on any atom is 0.416 e. The Morgan fingerprint density at radius 2 is 1.90 bits per heavy atom. The molecule has 0 spiro atoms. The molecule has 1 aromatic heterocycles. The lowest BCUT2D eigenvalue weighted by atomic mass is 10.1. The highest BCUT2D eigenvalue weighted by molar-refractivity contribution is 5.25. The smallest absolute Gasteiger partial charge is 0.307 e. The highest BCUT2D eigenvalue weighted by Gasteiger charge is 2.30. The molecule has 0 aliphatic carbocycles. The summed E-state index contributed by atoms with van der Waals surface area (Å²) in [5, 5.41) is 3.05. The summed E-state index contributed by atoms with van der Waals surface area (Å²) in [4.78, 5) is 8.26. The molecule has 2 rings (SSSR count). The molecule has 2 aromatic rings. The van der Waals surface area contributed by atoms with Crippen LogP contribution in [0.15, 0.2) is 36.7 Å². The summed E-state index contributed by atoms with van der Waals surface area (Å²) in [6.45, 7) is 2.65. The molecule has 0 fully saturated rings. The Bertz CT molecular complexity index is 565. The van der Waals surface area contributed by atoms with Gasteiger partial charge in [-0.3, -0.25) is 9.97 Å². The molecule has 0 amide bonds. The highest BCUT2D eigenvalue weighted by Crippen LogP contribution is 2.29. The van der Waals surface area contributed by atoms with Crippen molar-refractivity contribution in [2.75, 3.05) is 0 Å². The maximum absolute atomic E-state index is 12.6. The molecule has 0 aliphatic rings. The molecule has 0 aliphatic heterocycles. The Kier molecular flexibility index (Phi) is 4.34.